The summed E-state index contributed by atoms with van der Waals surface area (Å²) in [6.07, 6.45) is 5.49. The van der Waals surface area contributed by atoms with E-state index in [0.717, 1.165) is 25.8 Å². The first kappa shape index (κ1) is 14.1. The van der Waals surface area contributed by atoms with Gasteiger partial charge in [-0.2, -0.15) is 0 Å². The van der Waals surface area contributed by atoms with Gasteiger partial charge in [0.1, 0.15) is 0 Å². The zero-order chi connectivity index (χ0) is 13.7. The molecule has 2 amide bonds. The van der Waals surface area contributed by atoms with Gasteiger partial charge in [0.2, 0.25) is 0 Å². The fourth-order valence-corrected chi connectivity index (χ4v) is 2.13. The Hall–Kier alpha value is -1.30. The van der Waals surface area contributed by atoms with Crippen LogP contribution in [0.25, 0.3) is 0 Å². The Kier molecular flexibility index (Phi) is 5.01. The zero-order valence-electron chi connectivity index (χ0n) is 11.2. The molecule has 0 aliphatic heterocycles. The van der Waals surface area contributed by atoms with Gasteiger partial charge in [-0.1, -0.05) is 0 Å². The first-order chi connectivity index (χ1) is 9.15. The summed E-state index contributed by atoms with van der Waals surface area (Å²) in [6.45, 7) is 1.54. The minimum atomic E-state index is -0.856. The van der Waals surface area contributed by atoms with Crippen molar-refractivity contribution in [2.75, 3.05) is 13.1 Å². The monoisotopic (exact) mass is 269 g/mol. The van der Waals surface area contributed by atoms with E-state index in [1.807, 2.05) is 0 Å². The highest BCUT2D eigenvalue weighted by atomic mass is 16.4. The van der Waals surface area contributed by atoms with Gasteiger partial charge in [0.15, 0.2) is 0 Å². The minimum absolute atomic E-state index is 0.0152. The molecular weight excluding hydrogens is 246 g/mol. The van der Waals surface area contributed by atoms with Gasteiger partial charge in [-0.25, -0.2) is 4.79 Å². The average molecular weight is 269 g/mol. The van der Waals surface area contributed by atoms with E-state index in [9.17, 15) is 9.59 Å². The van der Waals surface area contributed by atoms with E-state index in [1.165, 1.54) is 12.8 Å². The molecule has 2 aliphatic rings. The molecule has 108 valence electrons. The summed E-state index contributed by atoms with van der Waals surface area (Å²) in [7, 11) is 0. The first-order valence-electron chi connectivity index (χ1n) is 7.14. The molecule has 0 saturated heterocycles. The van der Waals surface area contributed by atoms with Crippen LogP contribution in [0.3, 0.4) is 0 Å². The molecular formula is C13H23N3O3. The molecule has 0 spiro atoms. The lowest BCUT2D eigenvalue weighted by Gasteiger charge is -2.16. The van der Waals surface area contributed by atoms with Crippen LogP contribution in [0.5, 0.6) is 0 Å². The first-order valence-corrected chi connectivity index (χ1v) is 7.14. The second-order valence-corrected chi connectivity index (χ2v) is 5.52. The smallest absolute Gasteiger partial charge is 0.315 e. The average Bonchev–Trinajstić information content (AvgIpc) is 3.20. The van der Waals surface area contributed by atoms with Crippen molar-refractivity contribution in [3.63, 3.8) is 0 Å². The third-order valence-corrected chi connectivity index (χ3v) is 3.55. The van der Waals surface area contributed by atoms with E-state index in [4.69, 9.17) is 5.11 Å². The number of carbonyl (C=O) groups is 2. The van der Waals surface area contributed by atoms with Gasteiger partial charge in [0, 0.05) is 18.6 Å². The van der Waals surface area contributed by atoms with Gasteiger partial charge >= 0.3 is 12.0 Å². The number of aliphatic carboxylic acids is 1. The van der Waals surface area contributed by atoms with Gasteiger partial charge in [0.05, 0.1) is 6.42 Å². The molecule has 0 aromatic rings. The summed E-state index contributed by atoms with van der Waals surface area (Å²) in [6, 6.07) is 0.232. The van der Waals surface area contributed by atoms with Crippen molar-refractivity contribution in [2.45, 2.75) is 50.6 Å². The van der Waals surface area contributed by atoms with Crippen LogP contribution >= 0.6 is 0 Å². The molecule has 1 atom stereocenters. The maximum absolute atomic E-state index is 11.6. The van der Waals surface area contributed by atoms with Gasteiger partial charge in [-0.05, 0) is 44.6 Å². The van der Waals surface area contributed by atoms with Crippen LogP contribution in [0.1, 0.15) is 38.5 Å². The summed E-state index contributed by atoms with van der Waals surface area (Å²) >= 11 is 0. The van der Waals surface area contributed by atoms with E-state index in [1.54, 1.807) is 0 Å². The van der Waals surface area contributed by atoms with Crippen LogP contribution in [0.4, 0.5) is 4.79 Å². The second kappa shape index (κ2) is 6.75. The lowest BCUT2D eigenvalue weighted by Crippen LogP contribution is -2.44. The molecule has 0 aromatic carbocycles. The molecule has 2 aliphatic carbocycles. The van der Waals surface area contributed by atoms with Crippen molar-refractivity contribution >= 4 is 12.0 Å². The minimum Gasteiger partial charge on any atom is -0.481 e. The molecule has 2 rings (SSSR count). The Bertz CT molecular complexity index is 327. The number of amides is 2. The number of rotatable bonds is 9. The van der Waals surface area contributed by atoms with Crippen molar-refractivity contribution in [3.05, 3.63) is 0 Å². The summed E-state index contributed by atoms with van der Waals surface area (Å²) in [4.78, 5) is 22.4. The quantitative estimate of drug-likeness (QED) is 0.463. The van der Waals surface area contributed by atoms with Gasteiger partial charge < -0.3 is 21.1 Å². The summed E-state index contributed by atoms with van der Waals surface area (Å²) < 4.78 is 0. The highest BCUT2D eigenvalue weighted by Crippen LogP contribution is 2.33. The molecule has 2 saturated carbocycles. The van der Waals surface area contributed by atoms with Crippen LogP contribution in [-0.4, -0.2) is 42.3 Å². The van der Waals surface area contributed by atoms with Crippen molar-refractivity contribution in [2.24, 2.45) is 5.92 Å². The number of nitrogens with one attached hydrogen (secondary N) is 3. The number of carboxylic acid groups (broad SMARTS) is 1. The Morgan fingerprint density at radius 3 is 2.47 bits per heavy atom. The van der Waals surface area contributed by atoms with Crippen molar-refractivity contribution in [3.8, 4) is 0 Å². The Labute approximate surface area is 113 Å². The van der Waals surface area contributed by atoms with Crippen molar-refractivity contribution in [1.82, 2.24) is 16.0 Å². The largest absolute Gasteiger partial charge is 0.481 e. The molecule has 0 heterocycles. The molecule has 6 nitrogen and oxygen atoms in total. The van der Waals surface area contributed by atoms with Gasteiger partial charge in [-0.3, -0.25) is 4.79 Å². The van der Waals surface area contributed by atoms with E-state index in [2.05, 4.69) is 16.0 Å². The third kappa shape index (κ3) is 5.92. The molecule has 6 heteroatoms. The second-order valence-electron chi connectivity index (χ2n) is 5.52. The molecule has 1 unspecified atom stereocenters. The summed E-state index contributed by atoms with van der Waals surface area (Å²) in [5.74, 6) is -0.510. The molecule has 0 aromatic heterocycles. The number of carboxylic acids is 1. The predicted octanol–water partition coefficient (Wildman–Crippen LogP) is 0.681. The number of carbonyl (C=O) groups excluding carboxylic acids is 1. The van der Waals surface area contributed by atoms with Crippen LogP contribution in [0.2, 0.25) is 0 Å². The normalized spacial score (nSPS) is 19.8. The molecule has 0 bridgehead atoms. The third-order valence-electron chi connectivity index (χ3n) is 3.55. The van der Waals surface area contributed by atoms with E-state index >= 15 is 0 Å². The number of hydrogen-bond acceptors (Lipinski definition) is 3. The highest BCUT2D eigenvalue weighted by Gasteiger charge is 2.33. The predicted molar refractivity (Wildman–Crippen MR) is 70.9 cm³/mol. The van der Waals surface area contributed by atoms with Crippen LogP contribution in [0, 0.1) is 5.92 Å². The Balaban J connectivity index is 1.54. The Morgan fingerprint density at radius 2 is 1.89 bits per heavy atom. The lowest BCUT2D eigenvalue weighted by molar-refractivity contribution is -0.137. The van der Waals surface area contributed by atoms with Crippen LogP contribution in [-0.2, 0) is 4.79 Å². The standard InChI is InChI=1S/C13H23N3O3/c17-12(18)8-11(9-2-3-9)16-13(19)15-7-1-6-14-10-4-5-10/h9-11,14H,1-8H2,(H,17,18)(H2,15,16,19). The maximum Gasteiger partial charge on any atom is 0.315 e. The van der Waals surface area contributed by atoms with Crippen molar-refractivity contribution < 1.29 is 14.7 Å². The van der Waals surface area contributed by atoms with E-state index < -0.39 is 5.97 Å². The van der Waals surface area contributed by atoms with Gasteiger partial charge in [-0.15, -0.1) is 0 Å². The van der Waals surface area contributed by atoms with E-state index in [-0.39, 0.29) is 18.5 Å². The zero-order valence-corrected chi connectivity index (χ0v) is 11.2. The number of urea groups is 1. The Morgan fingerprint density at radius 1 is 1.16 bits per heavy atom. The SMILES string of the molecule is O=C(O)CC(NC(=O)NCCCNC1CC1)C1CC1. The molecule has 19 heavy (non-hydrogen) atoms. The fraction of sp³-hybridized carbons (Fsp3) is 0.846. The summed E-state index contributed by atoms with van der Waals surface area (Å²) in [5, 5.41) is 17.7. The molecule has 2 fully saturated rings. The summed E-state index contributed by atoms with van der Waals surface area (Å²) in [5.41, 5.74) is 0. The maximum atomic E-state index is 11.6. The van der Waals surface area contributed by atoms with E-state index in [0.29, 0.717) is 18.5 Å². The van der Waals surface area contributed by atoms with Crippen LogP contribution < -0.4 is 16.0 Å². The fourth-order valence-electron chi connectivity index (χ4n) is 2.13. The molecule has 4 N–H and O–H groups in total. The number of hydrogen-bond donors (Lipinski definition) is 4. The van der Waals surface area contributed by atoms with Crippen molar-refractivity contribution in [1.29, 1.82) is 0 Å². The lowest BCUT2D eigenvalue weighted by atomic mass is 10.1. The van der Waals surface area contributed by atoms with Crippen LogP contribution in [0.15, 0.2) is 0 Å². The molecule has 0 radical (unpaired) electrons. The van der Waals surface area contributed by atoms with Gasteiger partial charge in [0.25, 0.3) is 0 Å². The topological polar surface area (TPSA) is 90.5 Å². The highest BCUT2D eigenvalue weighted by molar-refractivity contribution is 5.75.